The number of aromatic nitrogens is 2. The summed E-state index contributed by atoms with van der Waals surface area (Å²) >= 11 is 5.04. The van der Waals surface area contributed by atoms with Crippen molar-refractivity contribution in [3.63, 3.8) is 0 Å². The van der Waals surface area contributed by atoms with E-state index in [1.165, 1.54) is 0 Å². The number of hydrazine groups is 1. The monoisotopic (exact) mass is 264 g/mol. The Balaban J connectivity index is 2.19. The third-order valence-corrected chi connectivity index (χ3v) is 2.89. The van der Waals surface area contributed by atoms with Gasteiger partial charge >= 0.3 is 0 Å². The van der Waals surface area contributed by atoms with E-state index in [0.29, 0.717) is 0 Å². The van der Waals surface area contributed by atoms with Crippen LogP contribution in [0.1, 0.15) is 25.5 Å². The fourth-order valence-electron chi connectivity index (χ4n) is 1.82. The van der Waals surface area contributed by atoms with Crippen LogP contribution in [0.5, 0.6) is 0 Å². The van der Waals surface area contributed by atoms with E-state index in [-0.39, 0.29) is 5.11 Å². The number of hydrogen-bond donors (Lipinski definition) is 1. The molecule has 1 aliphatic rings. The maximum atomic E-state index is 5.72. The Morgan fingerprint density at radius 3 is 2.72 bits per heavy atom. The maximum Gasteiger partial charge on any atom is 0.203 e. The average Bonchev–Trinajstić information content (AvgIpc) is 2.90. The van der Waals surface area contributed by atoms with E-state index in [1.54, 1.807) is 23.7 Å². The van der Waals surface area contributed by atoms with Crippen molar-refractivity contribution in [3.8, 4) is 0 Å². The van der Waals surface area contributed by atoms with Crippen LogP contribution in [-0.4, -0.2) is 44.0 Å². The van der Waals surface area contributed by atoms with Gasteiger partial charge in [-0.15, -0.1) is 0 Å². The van der Waals surface area contributed by atoms with Crippen LogP contribution in [0, 0.1) is 0 Å². The summed E-state index contributed by atoms with van der Waals surface area (Å²) in [7, 11) is 0. The molecule has 6 nitrogen and oxygen atoms in total. The van der Waals surface area contributed by atoms with Crippen LogP contribution in [0.25, 0.3) is 0 Å². The first-order chi connectivity index (χ1) is 8.68. The van der Waals surface area contributed by atoms with E-state index in [2.05, 4.69) is 15.1 Å². The fourth-order valence-corrected chi connectivity index (χ4v) is 1.98. The predicted octanol–water partition coefficient (Wildman–Crippen LogP) is 0.757. The molecule has 0 unspecified atom stereocenters. The minimum absolute atomic E-state index is 0.250. The summed E-state index contributed by atoms with van der Waals surface area (Å²) in [5.74, 6) is 0. The topological polar surface area (TPSA) is 70.6 Å². The second-order valence-electron chi connectivity index (χ2n) is 4.06. The lowest BCUT2D eigenvalue weighted by Crippen LogP contribution is -2.44. The van der Waals surface area contributed by atoms with Gasteiger partial charge in [0.1, 0.15) is 5.69 Å². The average molecular weight is 264 g/mol. The number of nitrogens with zero attached hydrogens (tertiary/aromatic N) is 5. The minimum Gasteiger partial charge on any atom is -0.374 e. The maximum absolute atomic E-state index is 5.72. The van der Waals surface area contributed by atoms with E-state index in [1.807, 2.05) is 11.9 Å². The van der Waals surface area contributed by atoms with Crippen LogP contribution in [0.3, 0.4) is 0 Å². The molecule has 1 aliphatic heterocycles. The van der Waals surface area contributed by atoms with E-state index < -0.39 is 0 Å². The van der Waals surface area contributed by atoms with Gasteiger partial charge in [0.25, 0.3) is 0 Å². The molecule has 0 atom stereocenters. The highest BCUT2D eigenvalue weighted by molar-refractivity contribution is 7.80. The Morgan fingerprint density at radius 1 is 1.44 bits per heavy atom. The molecule has 1 aromatic heterocycles. The third kappa shape index (κ3) is 2.99. The smallest absolute Gasteiger partial charge is 0.203 e. The molecule has 1 saturated heterocycles. The normalized spacial score (nSPS) is 16.8. The molecule has 2 heterocycles. The second-order valence-corrected chi connectivity index (χ2v) is 4.48. The van der Waals surface area contributed by atoms with Gasteiger partial charge in [-0.3, -0.25) is 9.97 Å². The van der Waals surface area contributed by atoms with Gasteiger partial charge in [0.2, 0.25) is 5.11 Å². The van der Waals surface area contributed by atoms with Crippen LogP contribution in [0.2, 0.25) is 0 Å². The SMILES string of the molecule is C/C(=N/N(C(N)=S)N1CCCC1)c1cnccn1. The summed E-state index contributed by atoms with van der Waals surface area (Å²) in [5.41, 5.74) is 7.17. The quantitative estimate of drug-likeness (QED) is 0.494. The van der Waals surface area contributed by atoms with Crippen molar-refractivity contribution in [1.82, 2.24) is 20.1 Å². The Kier molecular flexibility index (Phi) is 4.16. The largest absolute Gasteiger partial charge is 0.374 e. The molecular weight excluding hydrogens is 248 g/mol. The molecule has 0 aromatic carbocycles. The van der Waals surface area contributed by atoms with E-state index in [4.69, 9.17) is 18.0 Å². The fraction of sp³-hybridized carbons (Fsp3) is 0.455. The summed E-state index contributed by atoms with van der Waals surface area (Å²) < 4.78 is 0. The van der Waals surface area contributed by atoms with Gasteiger partial charge < -0.3 is 5.73 Å². The van der Waals surface area contributed by atoms with Crippen molar-refractivity contribution in [3.05, 3.63) is 24.3 Å². The molecule has 2 rings (SSSR count). The van der Waals surface area contributed by atoms with Crippen LogP contribution < -0.4 is 5.73 Å². The molecule has 0 aliphatic carbocycles. The Morgan fingerprint density at radius 2 is 2.17 bits per heavy atom. The molecule has 18 heavy (non-hydrogen) atoms. The Labute approximate surface area is 111 Å². The number of hydrazone groups is 1. The molecule has 0 radical (unpaired) electrons. The molecule has 0 saturated carbocycles. The van der Waals surface area contributed by atoms with Crippen LogP contribution >= 0.6 is 12.2 Å². The standard InChI is InChI=1S/C11H16N6S/c1-9(10-8-13-4-5-14-10)15-17(11(12)18)16-6-2-3-7-16/h4-5,8H,2-3,6-7H2,1H3,(H2,12,18)/b15-9-. The number of thiocarbonyl (C=S) groups is 1. The van der Waals surface area contributed by atoms with E-state index in [0.717, 1.165) is 37.3 Å². The van der Waals surface area contributed by atoms with Gasteiger partial charge in [-0.25, -0.2) is 0 Å². The summed E-state index contributed by atoms with van der Waals surface area (Å²) in [6, 6.07) is 0. The summed E-state index contributed by atoms with van der Waals surface area (Å²) in [5, 5.41) is 8.32. The van der Waals surface area contributed by atoms with Crippen molar-refractivity contribution in [1.29, 1.82) is 0 Å². The Hall–Kier alpha value is -1.60. The van der Waals surface area contributed by atoms with E-state index >= 15 is 0 Å². The van der Waals surface area contributed by atoms with E-state index in [9.17, 15) is 0 Å². The molecule has 2 N–H and O–H groups in total. The molecule has 0 spiro atoms. The van der Waals surface area contributed by atoms with Crippen molar-refractivity contribution in [2.45, 2.75) is 19.8 Å². The summed E-state index contributed by atoms with van der Waals surface area (Å²) in [4.78, 5) is 8.21. The Bertz CT molecular complexity index is 440. The lowest BCUT2D eigenvalue weighted by Gasteiger charge is -2.27. The van der Waals surface area contributed by atoms with Gasteiger partial charge in [-0.2, -0.15) is 15.2 Å². The first-order valence-electron chi connectivity index (χ1n) is 5.84. The van der Waals surface area contributed by atoms with Gasteiger partial charge in [0.05, 0.1) is 11.9 Å². The van der Waals surface area contributed by atoms with Gasteiger partial charge in [0, 0.05) is 25.5 Å². The molecule has 1 aromatic rings. The van der Waals surface area contributed by atoms with Crippen molar-refractivity contribution in [2.24, 2.45) is 10.8 Å². The number of hydrogen-bond acceptors (Lipinski definition) is 5. The lowest BCUT2D eigenvalue weighted by atomic mass is 10.3. The molecule has 0 bridgehead atoms. The zero-order valence-electron chi connectivity index (χ0n) is 10.3. The van der Waals surface area contributed by atoms with Crippen LogP contribution in [0.4, 0.5) is 0 Å². The van der Waals surface area contributed by atoms with Gasteiger partial charge in [-0.1, -0.05) is 0 Å². The van der Waals surface area contributed by atoms with Crippen molar-refractivity contribution >= 4 is 23.0 Å². The molecule has 7 heteroatoms. The molecular formula is C11H16N6S. The highest BCUT2D eigenvalue weighted by Gasteiger charge is 2.20. The minimum atomic E-state index is 0.250. The zero-order valence-corrected chi connectivity index (χ0v) is 11.1. The van der Waals surface area contributed by atoms with Crippen molar-refractivity contribution in [2.75, 3.05) is 13.1 Å². The first-order valence-corrected chi connectivity index (χ1v) is 6.25. The molecule has 0 amide bonds. The summed E-state index contributed by atoms with van der Waals surface area (Å²) in [6.07, 6.45) is 7.20. The lowest BCUT2D eigenvalue weighted by molar-refractivity contribution is 0.0792. The number of rotatable bonds is 3. The van der Waals surface area contributed by atoms with Gasteiger partial charge in [0.15, 0.2) is 0 Å². The predicted molar refractivity (Wildman–Crippen MR) is 73.7 cm³/mol. The molecule has 96 valence electrons. The first kappa shape index (κ1) is 12.8. The third-order valence-electron chi connectivity index (χ3n) is 2.73. The highest BCUT2D eigenvalue weighted by Crippen LogP contribution is 2.12. The van der Waals surface area contributed by atoms with Crippen LogP contribution in [-0.2, 0) is 0 Å². The highest BCUT2D eigenvalue weighted by atomic mass is 32.1. The van der Waals surface area contributed by atoms with Gasteiger partial charge in [-0.05, 0) is 32.0 Å². The number of nitrogens with two attached hydrogens (primary N) is 1. The second kappa shape index (κ2) is 5.83. The van der Waals surface area contributed by atoms with Crippen LogP contribution in [0.15, 0.2) is 23.7 Å². The zero-order chi connectivity index (χ0) is 13.0. The van der Waals surface area contributed by atoms with Crippen molar-refractivity contribution < 1.29 is 0 Å². The molecule has 1 fully saturated rings. The summed E-state index contributed by atoms with van der Waals surface area (Å²) in [6.45, 7) is 3.72.